The van der Waals surface area contributed by atoms with E-state index >= 15 is 0 Å². The van der Waals surface area contributed by atoms with Crippen molar-refractivity contribution >= 4 is 6.09 Å². The lowest BCUT2D eigenvalue weighted by molar-refractivity contribution is 0.0837. The van der Waals surface area contributed by atoms with E-state index in [4.69, 9.17) is 4.74 Å². The average Bonchev–Trinajstić information content (AvgIpc) is 2.26. The summed E-state index contributed by atoms with van der Waals surface area (Å²) < 4.78 is 4.88. The summed E-state index contributed by atoms with van der Waals surface area (Å²) in [5.41, 5.74) is -0.490. The molecule has 1 fully saturated rings. The maximum absolute atomic E-state index is 11.4. The number of carbonyl (C=O) groups excluding carboxylic acids is 1. The van der Waals surface area contributed by atoms with Gasteiger partial charge >= 0.3 is 6.09 Å². The van der Waals surface area contributed by atoms with Crippen molar-refractivity contribution in [1.82, 2.24) is 5.32 Å². The molecule has 4 nitrogen and oxygen atoms in total. The van der Waals surface area contributed by atoms with E-state index in [0.717, 1.165) is 25.7 Å². The SMILES string of the molecule is C=CCOC(=O)NC1(CO)CCCC(C)C1. The maximum Gasteiger partial charge on any atom is 0.407 e. The van der Waals surface area contributed by atoms with Gasteiger partial charge in [0.2, 0.25) is 0 Å². The first kappa shape index (κ1) is 13.0. The van der Waals surface area contributed by atoms with E-state index in [1.807, 2.05) is 0 Å². The molecule has 0 bridgehead atoms. The molecule has 4 heteroatoms. The number of amides is 1. The molecule has 1 amide bonds. The molecule has 0 aromatic heterocycles. The number of ether oxygens (including phenoxy) is 1. The normalized spacial score (nSPS) is 29.5. The second-order valence-corrected chi connectivity index (χ2v) is 4.65. The van der Waals surface area contributed by atoms with Crippen LogP contribution in [0, 0.1) is 5.92 Å². The Bertz CT molecular complexity index is 255. The van der Waals surface area contributed by atoms with Crippen molar-refractivity contribution in [1.29, 1.82) is 0 Å². The highest BCUT2D eigenvalue weighted by atomic mass is 16.5. The van der Waals surface area contributed by atoms with Crippen LogP contribution in [0.3, 0.4) is 0 Å². The maximum atomic E-state index is 11.4. The summed E-state index contributed by atoms with van der Waals surface area (Å²) >= 11 is 0. The fourth-order valence-electron chi connectivity index (χ4n) is 2.34. The summed E-state index contributed by atoms with van der Waals surface area (Å²) in [7, 11) is 0. The van der Waals surface area contributed by atoms with Gasteiger partial charge in [0.15, 0.2) is 0 Å². The topological polar surface area (TPSA) is 58.6 Å². The van der Waals surface area contributed by atoms with Gasteiger partial charge < -0.3 is 15.2 Å². The number of hydrogen-bond donors (Lipinski definition) is 2. The number of rotatable bonds is 4. The zero-order valence-electron chi connectivity index (χ0n) is 9.87. The highest BCUT2D eigenvalue weighted by Gasteiger charge is 2.36. The van der Waals surface area contributed by atoms with Crippen LogP contribution >= 0.6 is 0 Å². The Morgan fingerprint density at radius 1 is 1.75 bits per heavy atom. The fourth-order valence-corrected chi connectivity index (χ4v) is 2.34. The Balaban J connectivity index is 2.51. The minimum absolute atomic E-state index is 0.0273. The first-order valence-electron chi connectivity index (χ1n) is 5.78. The summed E-state index contributed by atoms with van der Waals surface area (Å²) in [4.78, 5) is 11.4. The zero-order valence-corrected chi connectivity index (χ0v) is 9.87. The van der Waals surface area contributed by atoms with Crippen LogP contribution in [-0.4, -0.2) is 30.0 Å². The third-order valence-electron chi connectivity index (χ3n) is 3.09. The third kappa shape index (κ3) is 3.52. The molecule has 1 aliphatic carbocycles. The molecule has 2 N–H and O–H groups in total. The molecule has 0 spiro atoms. The van der Waals surface area contributed by atoms with Gasteiger partial charge in [0.05, 0.1) is 12.1 Å². The summed E-state index contributed by atoms with van der Waals surface area (Å²) in [6, 6.07) is 0. The molecule has 16 heavy (non-hydrogen) atoms. The second kappa shape index (κ2) is 5.89. The monoisotopic (exact) mass is 227 g/mol. The van der Waals surface area contributed by atoms with Crippen molar-refractivity contribution in [3.8, 4) is 0 Å². The zero-order chi connectivity index (χ0) is 12.0. The van der Waals surface area contributed by atoms with E-state index in [1.54, 1.807) is 0 Å². The predicted molar refractivity (Wildman–Crippen MR) is 62.1 cm³/mol. The standard InChI is InChI=1S/C12H21NO3/c1-3-7-16-11(15)13-12(9-14)6-4-5-10(2)8-12/h3,10,14H,1,4-9H2,2H3,(H,13,15). The average molecular weight is 227 g/mol. The second-order valence-electron chi connectivity index (χ2n) is 4.65. The van der Waals surface area contributed by atoms with E-state index in [9.17, 15) is 9.90 Å². The van der Waals surface area contributed by atoms with Crippen molar-refractivity contribution in [2.75, 3.05) is 13.2 Å². The Morgan fingerprint density at radius 3 is 3.06 bits per heavy atom. The van der Waals surface area contributed by atoms with Crippen LogP contribution in [0.5, 0.6) is 0 Å². The number of carbonyl (C=O) groups is 1. The lowest BCUT2D eigenvalue weighted by Gasteiger charge is -2.38. The molecule has 2 atom stereocenters. The predicted octanol–water partition coefficient (Wildman–Crippen LogP) is 1.84. The van der Waals surface area contributed by atoms with E-state index in [1.165, 1.54) is 6.08 Å². The van der Waals surface area contributed by atoms with Gasteiger partial charge in [-0.25, -0.2) is 4.79 Å². The number of aliphatic hydroxyl groups excluding tert-OH is 1. The quantitative estimate of drug-likeness (QED) is 0.720. The van der Waals surface area contributed by atoms with Crippen LogP contribution in [-0.2, 0) is 4.74 Å². The smallest absolute Gasteiger partial charge is 0.407 e. The highest BCUT2D eigenvalue weighted by molar-refractivity contribution is 5.68. The van der Waals surface area contributed by atoms with Gasteiger partial charge in [-0.2, -0.15) is 0 Å². The molecule has 1 saturated carbocycles. The molecule has 0 aromatic rings. The van der Waals surface area contributed by atoms with Crippen LogP contribution < -0.4 is 5.32 Å². The number of hydrogen-bond acceptors (Lipinski definition) is 3. The fraction of sp³-hybridized carbons (Fsp3) is 0.750. The van der Waals surface area contributed by atoms with E-state index in [0.29, 0.717) is 5.92 Å². The van der Waals surface area contributed by atoms with Crippen molar-refractivity contribution in [2.45, 2.75) is 38.1 Å². The van der Waals surface area contributed by atoms with Crippen LogP contribution in [0.15, 0.2) is 12.7 Å². The molecular formula is C12H21NO3. The Labute approximate surface area is 96.7 Å². The molecule has 2 unspecified atom stereocenters. The molecule has 92 valence electrons. The van der Waals surface area contributed by atoms with Gasteiger partial charge in [0.1, 0.15) is 6.61 Å². The number of alkyl carbamates (subject to hydrolysis) is 1. The van der Waals surface area contributed by atoms with E-state index in [-0.39, 0.29) is 13.2 Å². The first-order chi connectivity index (χ1) is 7.62. The van der Waals surface area contributed by atoms with Gasteiger partial charge in [-0.15, -0.1) is 0 Å². The molecule has 0 aromatic carbocycles. The molecular weight excluding hydrogens is 206 g/mol. The van der Waals surface area contributed by atoms with Crippen molar-refractivity contribution in [3.05, 3.63) is 12.7 Å². The van der Waals surface area contributed by atoms with E-state index < -0.39 is 11.6 Å². The number of aliphatic hydroxyl groups is 1. The lowest BCUT2D eigenvalue weighted by Crippen LogP contribution is -2.54. The summed E-state index contributed by atoms with van der Waals surface area (Å²) in [5.74, 6) is 0.528. The van der Waals surface area contributed by atoms with Crippen LogP contribution in [0.4, 0.5) is 4.79 Å². The Hall–Kier alpha value is -1.03. The van der Waals surface area contributed by atoms with Gasteiger partial charge in [-0.05, 0) is 18.8 Å². The summed E-state index contributed by atoms with van der Waals surface area (Å²) in [6.07, 6.45) is 4.87. The molecule has 1 rings (SSSR count). The van der Waals surface area contributed by atoms with E-state index in [2.05, 4.69) is 18.8 Å². The summed E-state index contributed by atoms with van der Waals surface area (Å²) in [6.45, 7) is 5.78. The lowest BCUT2D eigenvalue weighted by atomic mass is 9.77. The van der Waals surface area contributed by atoms with Crippen molar-refractivity contribution in [2.24, 2.45) is 5.92 Å². The first-order valence-corrected chi connectivity index (χ1v) is 5.78. The van der Waals surface area contributed by atoms with Crippen LogP contribution in [0.25, 0.3) is 0 Å². The minimum atomic E-state index is -0.490. The van der Waals surface area contributed by atoms with Gasteiger partial charge in [0, 0.05) is 0 Å². The molecule has 0 saturated heterocycles. The molecule has 0 radical (unpaired) electrons. The largest absolute Gasteiger partial charge is 0.445 e. The summed E-state index contributed by atoms with van der Waals surface area (Å²) in [5, 5.41) is 12.2. The highest BCUT2D eigenvalue weighted by Crippen LogP contribution is 2.31. The molecule has 0 aliphatic heterocycles. The van der Waals surface area contributed by atoms with Crippen LogP contribution in [0.2, 0.25) is 0 Å². The Morgan fingerprint density at radius 2 is 2.50 bits per heavy atom. The van der Waals surface area contributed by atoms with Gasteiger partial charge in [-0.3, -0.25) is 0 Å². The number of nitrogens with one attached hydrogen (secondary N) is 1. The van der Waals surface area contributed by atoms with Crippen molar-refractivity contribution < 1.29 is 14.6 Å². The minimum Gasteiger partial charge on any atom is -0.445 e. The third-order valence-corrected chi connectivity index (χ3v) is 3.09. The van der Waals surface area contributed by atoms with Gasteiger partial charge in [0.25, 0.3) is 0 Å². The van der Waals surface area contributed by atoms with Gasteiger partial charge in [-0.1, -0.05) is 32.4 Å². The molecule has 0 heterocycles. The van der Waals surface area contributed by atoms with Crippen LogP contribution in [0.1, 0.15) is 32.6 Å². The Kier molecular flexibility index (Phi) is 4.80. The molecule has 1 aliphatic rings. The van der Waals surface area contributed by atoms with Crippen molar-refractivity contribution in [3.63, 3.8) is 0 Å².